The first kappa shape index (κ1) is 20.5. The van der Waals surface area contributed by atoms with Crippen LogP contribution in [0.5, 0.6) is 5.75 Å². The molecule has 3 aliphatic heterocycles. The molecule has 2 bridgehead atoms. The van der Waals surface area contributed by atoms with Crippen molar-refractivity contribution in [1.82, 2.24) is 25.3 Å². The number of hydrogen-bond acceptors (Lipinski definition) is 6. The summed E-state index contributed by atoms with van der Waals surface area (Å²) in [5, 5.41) is 27.0. The van der Waals surface area contributed by atoms with Gasteiger partial charge in [-0.2, -0.15) is 5.10 Å². The number of aryl methyl sites for hydroxylation is 1. The second-order valence-corrected chi connectivity index (χ2v) is 9.39. The van der Waals surface area contributed by atoms with Gasteiger partial charge in [0.25, 0.3) is 5.92 Å². The van der Waals surface area contributed by atoms with Crippen LogP contribution in [0.2, 0.25) is 0 Å². The van der Waals surface area contributed by atoms with Gasteiger partial charge in [0.15, 0.2) is 5.82 Å². The zero-order valence-electron chi connectivity index (χ0n) is 18.2. The van der Waals surface area contributed by atoms with Gasteiger partial charge in [-0.1, -0.05) is 0 Å². The third-order valence-electron chi connectivity index (χ3n) is 7.21. The predicted molar refractivity (Wildman–Crippen MR) is 120 cm³/mol. The molecule has 2 saturated heterocycles. The molecule has 9 heteroatoms. The zero-order valence-corrected chi connectivity index (χ0v) is 18.2. The van der Waals surface area contributed by atoms with Crippen LogP contribution in [-0.4, -0.2) is 55.7 Å². The van der Waals surface area contributed by atoms with E-state index in [1.807, 2.05) is 30.5 Å². The fraction of sp³-hybridized carbons (Fsp3) is 0.458. The minimum atomic E-state index is -2.64. The highest BCUT2D eigenvalue weighted by Gasteiger charge is 2.53. The fourth-order valence-electron chi connectivity index (χ4n) is 5.62. The number of nitrogens with one attached hydrogen (secondary N) is 1. The number of piperidine rings is 1. The highest BCUT2D eigenvalue weighted by molar-refractivity contribution is 5.70. The Morgan fingerprint density at radius 3 is 2.82 bits per heavy atom. The van der Waals surface area contributed by atoms with Crippen molar-refractivity contribution in [1.29, 1.82) is 0 Å². The van der Waals surface area contributed by atoms with E-state index in [4.69, 9.17) is 0 Å². The molecule has 0 radical (unpaired) electrons. The summed E-state index contributed by atoms with van der Waals surface area (Å²) in [7, 11) is 0. The Morgan fingerprint density at radius 2 is 2.03 bits per heavy atom. The predicted octanol–water partition coefficient (Wildman–Crippen LogP) is 3.71. The summed E-state index contributed by atoms with van der Waals surface area (Å²) in [5.74, 6) is -1.72. The topological polar surface area (TPSA) is 79.1 Å². The van der Waals surface area contributed by atoms with Gasteiger partial charge in [0.2, 0.25) is 0 Å². The Kier molecular flexibility index (Phi) is 4.83. The lowest BCUT2D eigenvalue weighted by Gasteiger charge is -2.38. The average Bonchev–Trinajstić information content (AvgIpc) is 3.33. The molecule has 1 unspecified atom stereocenters. The van der Waals surface area contributed by atoms with Gasteiger partial charge in [0.05, 0.1) is 17.4 Å². The molecule has 0 saturated carbocycles. The van der Waals surface area contributed by atoms with Gasteiger partial charge in [-0.25, -0.2) is 13.5 Å². The monoisotopic (exact) mass is 452 g/mol. The van der Waals surface area contributed by atoms with Gasteiger partial charge in [0.1, 0.15) is 5.75 Å². The molecular weight excluding hydrogens is 426 g/mol. The number of alkyl halides is 2. The molecule has 5 heterocycles. The average molecular weight is 453 g/mol. The number of nitrogens with zero attached hydrogens (tertiary/aromatic N) is 5. The number of hydrogen-bond donors (Lipinski definition) is 2. The van der Waals surface area contributed by atoms with Gasteiger partial charge in [0, 0.05) is 49.1 Å². The number of aromatic hydroxyl groups is 1. The van der Waals surface area contributed by atoms with Crippen LogP contribution in [0, 0.1) is 0 Å². The van der Waals surface area contributed by atoms with Crippen molar-refractivity contribution in [2.45, 2.75) is 62.6 Å². The SMILES string of the molecule is Oc1cc(-n2cccn2)ccc1-c1cc2c(nn1)N([C@@H]1CC3CC(F)(F)[C@@H](C1)N3)CCCC2. The maximum atomic E-state index is 14.3. The molecule has 0 aliphatic carbocycles. The smallest absolute Gasteiger partial charge is 0.264 e. The molecule has 172 valence electrons. The minimum Gasteiger partial charge on any atom is -0.507 e. The molecule has 3 aliphatic rings. The molecule has 2 N–H and O–H groups in total. The van der Waals surface area contributed by atoms with Gasteiger partial charge in [-0.15, -0.1) is 10.2 Å². The number of halogens is 2. The van der Waals surface area contributed by atoms with Crippen LogP contribution in [0.4, 0.5) is 14.6 Å². The molecule has 0 spiro atoms. The van der Waals surface area contributed by atoms with E-state index in [2.05, 4.69) is 25.5 Å². The summed E-state index contributed by atoms with van der Waals surface area (Å²) in [4.78, 5) is 2.21. The first-order valence-corrected chi connectivity index (χ1v) is 11.6. The van der Waals surface area contributed by atoms with Crippen molar-refractivity contribution in [3.05, 3.63) is 48.3 Å². The van der Waals surface area contributed by atoms with Crippen LogP contribution in [0.15, 0.2) is 42.7 Å². The highest BCUT2D eigenvalue weighted by Crippen LogP contribution is 2.42. The van der Waals surface area contributed by atoms with E-state index >= 15 is 0 Å². The number of fused-ring (bicyclic) bond motifs is 3. The van der Waals surface area contributed by atoms with E-state index in [0.29, 0.717) is 24.1 Å². The van der Waals surface area contributed by atoms with Crippen LogP contribution >= 0.6 is 0 Å². The summed E-state index contributed by atoms with van der Waals surface area (Å²) in [5.41, 5.74) is 3.03. The van der Waals surface area contributed by atoms with E-state index in [1.54, 1.807) is 16.9 Å². The van der Waals surface area contributed by atoms with Crippen molar-refractivity contribution in [2.24, 2.45) is 0 Å². The lowest BCUT2D eigenvalue weighted by atomic mass is 9.97. The number of anilines is 1. The summed E-state index contributed by atoms with van der Waals surface area (Å²) in [6.07, 6.45) is 7.39. The lowest BCUT2D eigenvalue weighted by Crippen LogP contribution is -2.51. The Labute approximate surface area is 190 Å². The van der Waals surface area contributed by atoms with E-state index < -0.39 is 12.0 Å². The van der Waals surface area contributed by atoms with Crippen molar-refractivity contribution in [2.75, 3.05) is 11.4 Å². The van der Waals surface area contributed by atoms with Crippen LogP contribution in [0.3, 0.4) is 0 Å². The first-order chi connectivity index (χ1) is 16.0. The normalized spacial score (nSPS) is 26.1. The molecule has 2 aromatic heterocycles. The van der Waals surface area contributed by atoms with Gasteiger partial charge in [-0.05, 0) is 61.9 Å². The Morgan fingerprint density at radius 1 is 1.12 bits per heavy atom. The number of phenolic OH excluding ortho intramolecular Hbond substituents is 1. The number of benzene rings is 1. The number of phenols is 1. The number of aromatic nitrogens is 4. The molecular formula is C24H26F2N6O. The first-order valence-electron chi connectivity index (χ1n) is 11.6. The maximum Gasteiger partial charge on any atom is 0.264 e. The van der Waals surface area contributed by atoms with Crippen molar-refractivity contribution < 1.29 is 13.9 Å². The van der Waals surface area contributed by atoms with Gasteiger partial charge in [-0.3, -0.25) is 0 Å². The summed E-state index contributed by atoms with van der Waals surface area (Å²) < 4.78 is 30.2. The van der Waals surface area contributed by atoms with Crippen molar-refractivity contribution in [3.8, 4) is 22.7 Å². The van der Waals surface area contributed by atoms with E-state index in [0.717, 1.165) is 42.9 Å². The molecule has 1 aromatic carbocycles. The van der Waals surface area contributed by atoms with E-state index in [9.17, 15) is 13.9 Å². The quantitative estimate of drug-likeness (QED) is 0.631. The third-order valence-corrected chi connectivity index (χ3v) is 7.21. The van der Waals surface area contributed by atoms with Crippen molar-refractivity contribution in [3.63, 3.8) is 0 Å². The van der Waals surface area contributed by atoms with Crippen LogP contribution in [-0.2, 0) is 6.42 Å². The standard InChI is InChI=1S/C24H26F2N6O/c25-24(26)14-16-11-18(13-22(24)28-16)31-8-2-1-4-15-10-20(29-30-23(15)31)19-6-5-17(12-21(19)33)32-9-3-7-27-32/h3,5-7,9-10,12,16,18,22,28,33H,1-2,4,8,11,13-14H2/t16?,18-,22-/m1/s1. The Hall–Kier alpha value is -3.07. The highest BCUT2D eigenvalue weighted by atomic mass is 19.3. The Balaban J connectivity index is 1.30. The van der Waals surface area contributed by atoms with Crippen LogP contribution in [0.1, 0.15) is 37.7 Å². The summed E-state index contributed by atoms with van der Waals surface area (Å²) in [6, 6.07) is 8.31. The number of rotatable bonds is 3. The third kappa shape index (κ3) is 3.64. The largest absolute Gasteiger partial charge is 0.507 e. The van der Waals surface area contributed by atoms with E-state index in [1.165, 1.54) is 0 Å². The van der Waals surface area contributed by atoms with Crippen LogP contribution < -0.4 is 10.2 Å². The van der Waals surface area contributed by atoms with Gasteiger partial charge >= 0.3 is 0 Å². The second kappa shape index (κ2) is 7.76. The molecule has 2 fully saturated rings. The maximum absolute atomic E-state index is 14.3. The van der Waals surface area contributed by atoms with Gasteiger partial charge < -0.3 is 15.3 Å². The minimum absolute atomic E-state index is 0.0355. The molecule has 6 rings (SSSR count). The zero-order chi connectivity index (χ0) is 22.6. The van der Waals surface area contributed by atoms with Crippen LogP contribution in [0.25, 0.3) is 16.9 Å². The molecule has 7 nitrogen and oxygen atoms in total. The molecule has 0 amide bonds. The second-order valence-electron chi connectivity index (χ2n) is 9.39. The van der Waals surface area contributed by atoms with E-state index in [-0.39, 0.29) is 24.3 Å². The molecule has 33 heavy (non-hydrogen) atoms. The van der Waals surface area contributed by atoms with Crippen molar-refractivity contribution >= 4 is 5.82 Å². The Bertz CT molecular complexity index is 1170. The summed E-state index contributed by atoms with van der Waals surface area (Å²) >= 11 is 0. The molecule has 3 aromatic rings. The lowest BCUT2D eigenvalue weighted by molar-refractivity contribution is -0.0129. The molecule has 3 atom stereocenters. The summed E-state index contributed by atoms with van der Waals surface area (Å²) in [6.45, 7) is 0.806. The fourth-order valence-corrected chi connectivity index (χ4v) is 5.62.